The lowest BCUT2D eigenvalue weighted by Crippen LogP contribution is -2.40. The summed E-state index contributed by atoms with van der Waals surface area (Å²) in [6.45, 7) is 1.25. The third kappa shape index (κ3) is 5.10. The lowest BCUT2D eigenvalue weighted by atomic mass is 9.93. The summed E-state index contributed by atoms with van der Waals surface area (Å²) >= 11 is 0. The van der Waals surface area contributed by atoms with Gasteiger partial charge in [0.2, 0.25) is 5.91 Å². The molecule has 1 aromatic carbocycles. The van der Waals surface area contributed by atoms with Crippen LogP contribution in [0.4, 0.5) is 13.2 Å². The van der Waals surface area contributed by atoms with Crippen LogP contribution in [0.5, 0.6) is 0 Å². The normalized spacial score (nSPS) is 16.9. The van der Waals surface area contributed by atoms with E-state index in [9.17, 15) is 18.0 Å². The van der Waals surface area contributed by atoms with E-state index in [2.05, 4.69) is 9.97 Å². The van der Waals surface area contributed by atoms with Crippen molar-refractivity contribution in [3.8, 4) is 11.3 Å². The molecule has 1 atom stereocenters. The Morgan fingerprint density at radius 1 is 1.10 bits per heavy atom. The van der Waals surface area contributed by atoms with Crippen LogP contribution in [0.25, 0.3) is 11.3 Å². The molecule has 2 aromatic heterocycles. The lowest BCUT2D eigenvalue weighted by molar-refractivity contribution is -0.137. The second kappa shape index (κ2) is 8.88. The van der Waals surface area contributed by atoms with Gasteiger partial charge >= 0.3 is 6.18 Å². The minimum Gasteiger partial charge on any atom is -0.342 e. The molecule has 1 amide bonds. The molecule has 3 aromatic rings. The van der Waals surface area contributed by atoms with Gasteiger partial charge in [-0.25, -0.2) is 0 Å². The Hall–Kier alpha value is -3.22. The van der Waals surface area contributed by atoms with Crippen molar-refractivity contribution in [2.45, 2.75) is 31.4 Å². The fourth-order valence-electron chi connectivity index (χ4n) is 3.93. The molecule has 31 heavy (non-hydrogen) atoms. The molecule has 160 valence electrons. The van der Waals surface area contributed by atoms with Crippen molar-refractivity contribution in [3.63, 3.8) is 0 Å². The number of piperidine rings is 1. The van der Waals surface area contributed by atoms with Gasteiger partial charge in [0.1, 0.15) is 0 Å². The summed E-state index contributed by atoms with van der Waals surface area (Å²) in [5, 5.41) is 0. The first kappa shape index (κ1) is 21.0. The van der Waals surface area contributed by atoms with Gasteiger partial charge in [-0.15, -0.1) is 0 Å². The maximum atomic E-state index is 13.1. The van der Waals surface area contributed by atoms with Crippen molar-refractivity contribution in [1.82, 2.24) is 14.9 Å². The van der Waals surface area contributed by atoms with E-state index < -0.39 is 11.7 Å². The molecule has 0 spiro atoms. The number of alkyl halides is 3. The molecular weight excluding hydrogens is 403 g/mol. The SMILES string of the molecule is O=C(Cc1cccnc1)N1CCC[C@H](c2cccc(-c3cccc(C(F)(F)F)c3)n2)C1. The molecule has 1 saturated heterocycles. The highest BCUT2D eigenvalue weighted by molar-refractivity contribution is 5.78. The predicted molar refractivity (Wildman–Crippen MR) is 111 cm³/mol. The largest absolute Gasteiger partial charge is 0.416 e. The third-order valence-electron chi connectivity index (χ3n) is 5.53. The molecule has 0 unspecified atom stereocenters. The van der Waals surface area contributed by atoms with Gasteiger partial charge in [-0.1, -0.05) is 24.3 Å². The van der Waals surface area contributed by atoms with Crippen molar-refractivity contribution in [3.05, 3.63) is 83.8 Å². The van der Waals surface area contributed by atoms with Gasteiger partial charge in [0, 0.05) is 42.7 Å². The van der Waals surface area contributed by atoms with Crippen LogP contribution in [0.1, 0.15) is 35.6 Å². The van der Waals surface area contributed by atoms with Crippen LogP contribution in [0, 0.1) is 0 Å². The van der Waals surface area contributed by atoms with Crippen LogP contribution < -0.4 is 0 Å². The number of halogens is 3. The Labute approximate surface area is 178 Å². The fourth-order valence-corrected chi connectivity index (χ4v) is 3.93. The molecule has 0 saturated carbocycles. The van der Waals surface area contributed by atoms with E-state index in [-0.39, 0.29) is 11.8 Å². The molecule has 0 bridgehead atoms. The van der Waals surface area contributed by atoms with Crippen molar-refractivity contribution < 1.29 is 18.0 Å². The first-order valence-corrected chi connectivity index (χ1v) is 10.2. The average molecular weight is 425 g/mol. The zero-order valence-corrected chi connectivity index (χ0v) is 16.8. The van der Waals surface area contributed by atoms with E-state index in [1.807, 2.05) is 29.2 Å². The smallest absolute Gasteiger partial charge is 0.342 e. The predicted octanol–water partition coefficient (Wildman–Crippen LogP) is 5.11. The summed E-state index contributed by atoms with van der Waals surface area (Å²) in [6.07, 6.45) is 1.02. The maximum Gasteiger partial charge on any atom is 0.416 e. The highest BCUT2D eigenvalue weighted by Crippen LogP contribution is 2.33. The quantitative estimate of drug-likeness (QED) is 0.584. The highest BCUT2D eigenvalue weighted by Gasteiger charge is 2.31. The summed E-state index contributed by atoms with van der Waals surface area (Å²) in [4.78, 5) is 23.3. The van der Waals surface area contributed by atoms with E-state index >= 15 is 0 Å². The van der Waals surface area contributed by atoms with Gasteiger partial charge in [0.05, 0.1) is 17.7 Å². The lowest BCUT2D eigenvalue weighted by Gasteiger charge is -2.32. The topological polar surface area (TPSA) is 46.1 Å². The molecule has 1 aliphatic heterocycles. The van der Waals surface area contributed by atoms with Crippen LogP contribution >= 0.6 is 0 Å². The maximum absolute atomic E-state index is 13.1. The number of benzene rings is 1. The van der Waals surface area contributed by atoms with Crippen LogP contribution in [0.3, 0.4) is 0 Å². The van der Waals surface area contributed by atoms with Crippen LogP contribution in [0.2, 0.25) is 0 Å². The molecule has 1 aliphatic rings. The van der Waals surface area contributed by atoms with Gasteiger partial charge in [-0.3, -0.25) is 14.8 Å². The van der Waals surface area contributed by atoms with Gasteiger partial charge in [-0.05, 0) is 48.7 Å². The third-order valence-corrected chi connectivity index (χ3v) is 5.53. The van der Waals surface area contributed by atoms with Gasteiger partial charge < -0.3 is 4.90 Å². The molecule has 1 fully saturated rings. The van der Waals surface area contributed by atoms with Gasteiger partial charge in [0.25, 0.3) is 0 Å². The molecule has 0 radical (unpaired) electrons. The van der Waals surface area contributed by atoms with E-state index in [0.717, 1.165) is 36.2 Å². The molecular formula is C24H22F3N3O. The highest BCUT2D eigenvalue weighted by atomic mass is 19.4. The summed E-state index contributed by atoms with van der Waals surface area (Å²) in [6, 6.07) is 14.3. The zero-order valence-electron chi connectivity index (χ0n) is 16.8. The van der Waals surface area contributed by atoms with Crippen LogP contribution in [0.15, 0.2) is 67.0 Å². The first-order valence-electron chi connectivity index (χ1n) is 10.2. The Bertz CT molecular complexity index is 1050. The fraction of sp³-hybridized carbons (Fsp3) is 0.292. The first-order chi connectivity index (χ1) is 14.9. The number of nitrogens with zero attached hydrogens (tertiary/aromatic N) is 3. The summed E-state index contributed by atoms with van der Waals surface area (Å²) in [7, 11) is 0. The zero-order chi connectivity index (χ0) is 21.8. The van der Waals surface area contributed by atoms with Crippen molar-refractivity contribution >= 4 is 5.91 Å². The molecule has 4 rings (SSSR count). The van der Waals surface area contributed by atoms with Crippen molar-refractivity contribution in [2.75, 3.05) is 13.1 Å². The minimum absolute atomic E-state index is 0.0479. The summed E-state index contributed by atoms with van der Waals surface area (Å²) in [5.41, 5.74) is 1.91. The number of hydrogen-bond donors (Lipinski definition) is 0. The monoisotopic (exact) mass is 425 g/mol. The Kier molecular flexibility index (Phi) is 6.02. The van der Waals surface area contributed by atoms with E-state index in [1.54, 1.807) is 24.5 Å². The van der Waals surface area contributed by atoms with E-state index in [1.165, 1.54) is 6.07 Å². The molecule has 0 N–H and O–H groups in total. The number of hydrogen-bond acceptors (Lipinski definition) is 3. The molecule has 4 nitrogen and oxygen atoms in total. The van der Waals surface area contributed by atoms with Crippen molar-refractivity contribution in [1.29, 1.82) is 0 Å². The minimum atomic E-state index is -4.40. The molecule has 7 heteroatoms. The van der Waals surface area contributed by atoms with E-state index in [0.29, 0.717) is 30.8 Å². The second-order valence-corrected chi connectivity index (χ2v) is 7.74. The number of likely N-dealkylation sites (tertiary alicyclic amines) is 1. The summed E-state index contributed by atoms with van der Waals surface area (Å²) in [5.74, 6) is 0.101. The Morgan fingerprint density at radius 3 is 2.71 bits per heavy atom. The summed E-state index contributed by atoms with van der Waals surface area (Å²) < 4.78 is 39.2. The van der Waals surface area contributed by atoms with Crippen LogP contribution in [-0.4, -0.2) is 33.9 Å². The number of carbonyl (C=O) groups excluding carboxylic acids is 1. The number of pyridine rings is 2. The Morgan fingerprint density at radius 2 is 1.94 bits per heavy atom. The number of aromatic nitrogens is 2. The van der Waals surface area contributed by atoms with Gasteiger partial charge in [-0.2, -0.15) is 13.2 Å². The van der Waals surface area contributed by atoms with Gasteiger partial charge in [0.15, 0.2) is 0 Å². The molecule has 3 heterocycles. The van der Waals surface area contributed by atoms with E-state index in [4.69, 9.17) is 0 Å². The average Bonchev–Trinajstić information content (AvgIpc) is 2.79. The molecule has 0 aliphatic carbocycles. The second-order valence-electron chi connectivity index (χ2n) is 7.74. The number of rotatable bonds is 4. The van der Waals surface area contributed by atoms with Crippen LogP contribution in [-0.2, 0) is 17.4 Å². The standard InChI is InChI=1S/C24H22F3N3O/c25-24(26,27)20-8-1-6-18(14-20)21-9-2-10-22(29-21)19-7-4-12-30(16-19)23(31)13-17-5-3-11-28-15-17/h1-3,5-6,8-11,14-15,19H,4,7,12-13,16H2/t19-/m0/s1. The number of carbonyl (C=O) groups is 1. The van der Waals surface area contributed by atoms with Crippen molar-refractivity contribution in [2.24, 2.45) is 0 Å². The Balaban J connectivity index is 1.50. The number of amides is 1.